The molecular weight excluding hydrogens is 244 g/mol. The van der Waals surface area contributed by atoms with Gasteiger partial charge in [-0.2, -0.15) is 0 Å². The quantitative estimate of drug-likeness (QED) is 0.811. The summed E-state index contributed by atoms with van der Waals surface area (Å²) in [4.78, 5) is 0. The molecule has 0 unspecified atom stereocenters. The van der Waals surface area contributed by atoms with Gasteiger partial charge in [0.1, 0.15) is 11.6 Å². The molecule has 1 N–H and O–H groups in total. The van der Waals surface area contributed by atoms with Crippen LogP contribution in [-0.4, -0.2) is 6.54 Å². The number of hydrogen-bond acceptors (Lipinski definition) is 1. The Morgan fingerprint density at radius 1 is 1.00 bits per heavy atom. The second-order valence-electron chi connectivity index (χ2n) is 4.59. The summed E-state index contributed by atoms with van der Waals surface area (Å²) >= 11 is 0. The fourth-order valence-electron chi connectivity index (χ4n) is 2.00. The molecule has 0 aromatic heterocycles. The van der Waals surface area contributed by atoms with Crippen molar-refractivity contribution < 1.29 is 8.78 Å². The van der Waals surface area contributed by atoms with Crippen molar-refractivity contribution in [3.63, 3.8) is 0 Å². The summed E-state index contributed by atoms with van der Waals surface area (Å²) in [5, 5.41) is 3.18. The van der Waals surface area contributed by atoms with Crippen molar-refractivity contribution in [1.82, 2.24) is 5.32 Å². The van der Waals surface area contributed by atoms with E-state index in [9.17, 15) is 8.78 Å². The first kappa shape index (κ1) is 13.7. The molecule has 2 rings (SSSR count). The molecular formula is C16H17F2N. The maximum Gasteiger partial charge on any atom is 0.130 e. The first-order valence-corrected chi connectivity index (χ1v) is 6.36. The molecule has 3 heteroatoms. The highest BCUT2D eigenvalue weighted by Gasteiger charge is 2.03. The van der Waals surface area contributed by atoms with E-state index in [-0.39, 0.29) is 0 Å². The van der Waals surface area contributed by atoms with Crippen LogP contribution in [0.4, 0.5) is 8.78 Å². The van der Waals surface area contributed by atoms with Crippen molar-refractivity contribution in [2.24, 2.45) is 0 Å². The first-order chi connectivity index (χ1) is 9.16. The van der Waals surface area contributed by atoms with Crippen LogP contribution in [0, 0.1) is 18.6 Å². The van der Waals surface area contributed by atoms with E-state index in [1.165, 1.54) is 23.3 Å². The average Bonchev–Trinajstić information content (AvgIpc) is 2.38. The highest BCUT2D eigenvalue weighted by molar-refractivity contribution is 5.25. The zero-order valence-electron chi connectivity index (χ0n) is 10.9. The molecule has 1 nitrogen and oxygen atoms in total. The van der Waals surface area contributed by atoms with Crippen LogP contribution in [0.15, 0.2) is 42.5 Å². The van der Waals surface area contributed by atoms with E-state index >= 15 is 0 Å². The van der Waals surface area contributed by atoms with E-state index in [1.54, 1.807) is 0 Å². The SMILES string of the molecule is Cc1ccccc1CCNCc1ccc(F)cc1F. The van der Waals surface area contributed by atoms with Crippen LogP contribution in [0.25, 0.3) is 0 Å². The number of rotatable bonds is 5. The Balaban J connectivity index is 1.83. The molecule has 0 aliphatic heterocycles. The Morgan fingerprint density at radius 2 is 1.79 bits per heavy atom. The lowest BCUT2D eigenvalue weighted by Gasteiger charge is -2.08. The van der Waals surface area contributed by atoms with Crippen molar-refractivity contribution in [3.05, 3.63) is 70.8 Å². The standard InChI is InChI=1S/C16H17F2N/c1-12-4-2-3-5-13(12)8-9-19-11-14-6-7-15(17)10-16(14)18/h2-7,10,19H,8-9,11H2,1H3. The largest absolute Gasteiger partial charge is 0.312 e. The van der Waals surface area contributed by atoms with E-state index in [4.69, 9.17) is 0 Å². The minimum absolute atomic E-state index is 0.415. The highest BCUT2D eigenvalue weighted by Crippen LogP contribution is 2.10. The van der Waals surface area contributed by atoms with Crippen LogP contribution in [0.2, 0.25) is 0 Å². The van der Waals surface area contributed by atoms with Crippen LogP contribution < -0.4 is 5.32 Å². The Hall–Kier alpha value is -1.74. The lowest BCUT2D eigenvalue weighted by molar-refractivity contribution is 0.560. The van der Waals surface area contributed by atoms with Crippen molar-refractivity contribution in [2.75, 3.05) is 6.54 Å². The molecule has 2 aromatic carbocycles. The molecule has 2 aromatic rings. The fraction of sp³-hybridized carbons (Fsp3) is 0.250. The average molecular weight is 261 g/mol. The normalized spacial score (nSPS) is 10.7. The lowest BCUT2D eigenvalue weighted by atomic mass is 10.1. The van der Waals surface area contributed by atoms with Gasteiger partial charge in [0, 0.05) is 18.2 Å². The Kier molecular flexibility index (Phi) is 4.63. The van der Waals surface area contributed by atoms with Gasteiger partial charge < -0.3 is 5.32 Å². The van der Waals surface area contributed by atoms with Crippen LogP contribution >= 0.6 is 0 Å². The topological polar surface area (TPSA) is 12.0 Å². The molecule has 0 radical (unpaired) electrons. The Bertz CT molecular complexity index is 552. The molecule has 0 saturated heterocycles. The lowest BCUT2D eigenvalue weighted by Crippen LogP contribution is -2.17. The molecule has 0 aliphatic carbocycles. The minimum atomic E-state index is -0.541. The summed E-state index contributed by atoms with van der Waals surface area (Å²) in [7, 11) is 0. The van der Waals surface area contributed by atoms with Crippen LogP contribution in [0.5, 0.6) is 0 Å². The molecule has 0 fully saturated rings. The molecule has 0 heterocycles. The maximum atomic E-state index is 13.4. The summed E-state index contributed by atoms with van der Waals surface area (Å²) in [6, 6.07) is 11.9. The second-order valence-corrected chi connectivity index (χ2v) is 4.59. The summed E-state index contributed by atoms with van der Waals surface area (Å²) < 4.78 is 26.1. The van der Waals surface area contributed by atoms with Gasteiger partial charge in [0.05, 0.1) is 0 Å². The molecule has 100 valence electrons. The van der Waals surface area contributed by atoms with Gasteiger partial charge in [0.2, 0.25) is 0 Å². The van der Waals surface area contributed by atoms with Crippen molar-refractivity contribution in [3.8, 4) is 0 Å². The zero-order valence-corrected chi connectivity index (χ0v) is 10.9. The minimum Gasteiger partial charge on any atom is -0.312 e. The summed E-state index contributed by atoms with van der Waals surface area (Å²) in [6.45, 7) is 3.26. The summed E-state index contributed by atoms with van der Waals surface area (Å²) in [6.07, 6.45) is 0.898. The van der Waals surface area contributed by atoms with Gasteiger partial charge in [-0.25, -0.2) is 8.78 Å². The molecule has 0 bridgehead atoms. The number of hydrogen-bond donors (Lipinski definition) is 1. The fourth-order valence-corrected chi connectivity index (χ4v) is 2.00. The monoisotopic (exact) mass is 261 g/mol. The number of aryl methyl sites for hydroxylation is 1. The van der Waals surface area contributed by atoms with Crippen molar-refractivity contribution in [2.45, 2.75) is 19.9 Å². The van der Waals surface area contributed by atoms with E-state index in [1.807, 2.05) is 12.1 Å². The van der Waals surface area contributed by atoms with E-state index in [2.05, 4.69) is 24.4 Å². The number of halogens is 2. The van der Waals surface area contributed by atoms with Crippen LogP contribution in [0.1, 0.15) is 16.7 Å². The third-order valence-electron chi connectivity index (χ3n) is 3.16. The molecule has 19 heavy (non-hydrogen) atoms. The van der Waals surface area contributed by atoms with E-state index < -0.39 is 11.6 Å². The van der Waals surface area contributed by atoms with E-state index in [0.717, 1.165) is 19.0 Å². The molecule has 0 atom stereocenters. The smallest absolute Gasteiger partial charge is 0.130 e. The van der Waals surface area contributed by atoms with Gasteiger partial charge >= 0.3 is 0 Å². The van der Waals surface area contributed by atoms with Crippen molar-refractivity contribution >= 4 is 0 Å². The second kappa shape index (κ2) is 6.43. The maximum absolute atomic E-state index is 13.4. The van der Waals surface area contributed by atoms with Crippen LogP contribution in [0.3, 0.4) is 0 Å². The molecule has 0 saturated carbocycles. The molecule has 0 amide bonds. The number of benzene rings is 2. The molecule has 0 spiro atoms. The summed E-state index contributed by atoms with van der Waals surface area (Å²) in [5.41, 5.74) is 3.04. The van der Waals surface area contributed by atoms with Gasteiger partial charge in [-0.05, 0) is 37.1 Å². The molecule has 0 aliphatic rings. The van der Waals surface area contributed by atoms with Gasteiger partial charge in [-0.15, -0.1) is 0 Å². The third kappa shape index (κ3) is 3.86. The zero-order chi connectivity index (χ0) is 13.7. The van der Waals surface area contributed by atoms with Gasteiger partial charge in [-0.1, -0.05) is 30.3 Å². The highest BCUT2D eigenvalue weighted by atomic mass is 19.1. The van der Waals surface area contributed by atoms with Crippen LogP contribution in [-0.2, 0) is 13.0 Å². The predicted octanol–water partition coefficient (Wildman–Crippen LogP) is 3.61. The van der Waals surface area contributed by atoms with Gasteiger partial charge in [0.25, 0.3) is 0 Å². The van der Waals surface area contributed by atoms with E-state index in [0.29, 0.717) is 12.1 Å². The van der Waals surface area contributed by atoms with Crippen molar-refractivity contribution in [1.29, 1.82) is 0 Å². The Morgan fingerprint density at radius 3 is 2.53 bits per heavy atom. The predicted molar refractivity (Wildman–Crippen MR) is 72.9 cm³/mol. The third-order valence-corrected chi connectivity index (χ3v) is 3.16. The summed E-state index contributed by atoms with van der Waals surface area (Å²) in [5.74, 6) is -1.04. The first-order valence-electron chi connectivity index (χ1n) is 6.36. The van der Waals surface area contributed by atoms with Gasteiger partial charge in [0.15, 0.2) is 0 Å². The Labute approximate surface area is 112 Å². The number of nitrogens with one attached hydrogen (secondary N) is 1. The van der Waals surface area contributed by atoms with Gasteiger partial charge in [-0.3, -0.25) is 0 Å².